The van der Waals surface area contributed by atoms with E-state index < -0.39 is 6.10 Å². The van der Waals surface area contributed by atoms with Crippen LogP contribution in [0.4, 0.5) is 5.69 Å². The molecule has 1 heterocycles. The first kappa shape index (κ1) is 13.4. The van der Waals surface area contributed by atoms with Crippen molar-refractivity contribution in [2.75, 3.05) is 26.0 Å². The maximum absolute atomic E-state index is 11.9. The van der Waals surface area contributed by atoms with Crippen LogP contribution in [0.15, 0.2) is 24.3 Å². The summed E-state index contributed by atoms with van der Waals surface area (Å²) in [5, 5.41) is 13.0. The van der Waals surface area contributed by atoms with Crippen LogP contribution in [0.2, 0.25) is 0 Å². The average molecular weight is 263 g/mol. The van der Waals surface area contributed by atoms with Crippen LogP contribution in [0.25, 0.3) is 10.9 Å². The number of H-pyrrole nitrogens is 1. The lowest BCUT2D eigenvalue weighted by molar-refractivity contribution is 0.0609. The van der Waals surface area contributed by atoms with Gasteiger partial charge in [-0.15, -0.1) is 0 Å². The van der Waals surface area contributed by atoms with Crippen molar-refractivity contribution in [3.05, 3.63) is 30.0 Å². The molecule has 6 nitrogen and oxygen atoms in total. The van der Waals surface area contributed by atoms with Crippen molar-refractivity contribution in [1.82, 2.24) is 10.3 Å². The van der Waals surface area contributed by atoms with E-state index >= 15 is 0 Å². The topological polar surface area (TPSA) is 100 Å². The summed E-state index contributed by atoms with van der Waals surface area (Å²) in [6, 6.07) is 7.20. The maximum Gasteiger partial charge on any atom is 0.267 e. The number of rotatable bonds is 5. The lowest BCUT2D eigenvalue weighted by atomic mass is 10.2. The first-order valence-corrected chi connectivity index (χ1v) is 5.94. The molecule has 0 saturated carbocycles. The van der Waals surface area contributed by atoms with Gasteiger partial charge in [0.1, 0.15) is 5.69 Å². The van der Waals surface area contributed by atoms with E-state index in [1.807, 2.05) is 12.1 Å². The van der Waals surface area contributed by atoms with E-state index in [2.05, 4.69) is 10.3 Å². The standard InChI is InChI=1S/C13H17N3O3/c1-19-7-9(17)6-15-13(18)11-5-8-3-2-4-10(14)12(8)16-11/h2-5,9,16-17H,6-7,14H2,1H3,(H,15,18). The Morgan fingerprint density at radius 1 is 1.58 bits per heavy atom. The van der Waals surface area contributed by atoms with Crippen LogP contribution < -0.4 is 11.1 Å². The summed E-state index contributed by atoms with van der Waals surface area (Å²) in [4.78, 5) is 14.9. The first-order chi connectivity index (χ1) is 9.11. The second-order valence-electron chi connectivity index (χ2n) is 4.31. The second kappa shape index (κ2) is 5.73. The molecule has 1 unspecified atom stereocenters. The van der Waals surface area contributed by atoms with Crippen LogP contribution >= 0.6 is 0 Å². The highest BCUT2D eigenvalue weighted by Crippen LogP contribution is 2.20. The summed E-state index contributed by atoms with van der Waals surface area (Å²) < 4.78 is 4.78. The summed E-state index contributed by atoms with van der Waals surface area (Å²) in [5.41, 5.74) is 7.56. The van der Waals surface area contributed by atoms with Crippen molar-refractivity contribution in [3.63, 3.8) is 0 Å². The molecule has 0 aliphatic carbocycles. The average Bonchev–Trinajstić information content (AvgIpc) is 2.82. The van der Waals surface area contributed by atoms with Gasteiger partial charge in [0, 0.05) is 19.0 Å². The van der Waals surface area contributed by atoms with Gasteiger partial charge in [-0.2, -0.15) is 0 Å². The van der Waals surface area contributed by atoms with Crippen molar-refractivity contribution in [1.29, 1.82) is 0 Å². The van der Waals surface area contributed by atoms with E-state index in [-0.39, 0.29) is 19.1 Å². The molecular formula is C13H17N3O3. The Labute approximate surface area is 110 Å². The molecule has 2 aromatic rings. The second-order valence-corrected chi connectivity index (χ2v) is 4.31. The highest BCUT2D eigenvalue weighted by molar-refractivity contribution is 6.00. The van der Waals surface area contributed by atoms with Gasteiger partial charge in [0.05, 0.1) is 23.9 Å². The fraction of sp³-hybridized carbons (Fsp3) is 0.308. The minimum Gasteiger partial charge on any atom is -0.397 e. The third-order valence-electron chi connectivity index (χ3n) is 2.79. The molecule has 0 fully saturated rings. The first-order valence-electron chi connectivity index (χ1n) is 5.94. The van der Waals surface area contributed by atoms with Crippen molar-refractivity contribution < 1.29 is 14.6 Å². The number of carbonyl (C=O) groups excluding carboxylic acids is 1. The smallest absolute Gasteiger partial charge is 0.267 e. The number of nitrogens with two attached hydrogens (primary N) is 1. The predicted octanol–water partition coefficient (Wildman–Crippen LogP) is 0.487. The number of nitrogens with one attached hydrogen (secondary N) is 2. The Kier molecular flexibility index (Phi) is 4.03. The molecule has 0 saturated heterocycles. The van der Waals surface area contributed by atoms with E-state index in [4.69, 9.17) is 10.5 Å². The number of aliphatic hydroxyl groups excluding tert-OH is 1. The number of aliphatic hydroxyl groups is 1. The third-order valence-corrected chi connectivity index (χ3v) is 2.79. The predicted molar refractivity (Wildman–Crippen MR) is 72.9 cm³/mol. The molecule has 1 atom stereocenters. The van der Waals surface area contributed by atoms with Gasteiger partial charge >= 0.3 is 0 Å². The Balaban J connectivity index is 2.07. The van der Waals surface area contributed by atoms with E-state index in [9.17, 15) is 9.90 Å². The van der Waals surface area contributed by atoms with E-state index in [1.165, 1.54) is 7.11 Å². The zero-order valence-corrected chi connectivity index (χ0v) is 10.6. The molecule has 5 N–H and O–H groups in total. The molecule has 0 bridgehead atoms. The summed E-state index contributed by atoms with van der Waals surface area (Å²) >= 11 is 0. The zero-order chi connectivity index (χ0) is 13.8. The van der Waals surface area contributed by atoms with Crippen LogP contribution in [0, 0.1) is 0 Å². The number of amides is 1. The molecule has 0 aliphatic heterocycles. The molecule has 2 rings (SSSR count). The Morgan fingerprint density at radius 2 is 2.37 bits per heavy atom. The highest BCUT2D eigenvalue weighted by atomic mass is 16.5. The Morgan fingerprint density at radius 3 is 3.05 bits per heavy atom. The number of nitrogen functional groups attached to an aromatic ring is 1. The summed E-state index contributed by atoms with van der Waals surface area (Å²) in [7, 11) is 1.49. The quantitative estimate of drug-likeness (QED) is 0.590. The summed E-state index contributed by atoms with van der Waals surface area (Å²) in [6.45, 7) is 0.317. The summed E-state index contributed by atoms with van der Waals surface area (Å²) in [5.74, 6) is -0.286. The molecule has 102 valence electrons. The largest absolute Gasteiger partial charge is 0.397 e. The number of fused-ring (bicyclic) bond motifs is 1. The van der Waals surface area contributed by atoms with Gasteiger partial charge in [-0.25, -0.2) is 0 Å². The molecule has 1 aromatic heterocycles. The van der Waals surface area contributed by atoms with Crippen molar-refractivity contribution in [2.24, 2.45) is 0 Å². The number of aromatic nitrogens is 1. The number of anilines is 1. The Bertz CT molecular complexity index is 580. The fourth-order valence-electron chi connectivity index (χ4n) is 1.86. The lowest BCUT2D eigenvalue weighted by Crippen LogP contribution is -2.34. The van der Waals surface area contributed by atoms with Gasteiger partial charge in [-0.05, 0) is 12.1 Å². The van der Waals surface area contributed by atoms with Gasteiger partial charge < -0.3 is 25.9 Å². The van der Waals surface area contributed by atoms with Gasteiger partial charge in [-0.3, -0.25) is 4.79 Å². The number of hydrogen-bond acceptors (Lipinski definition) is 4. The van der Waals surface area contributed by atoms with Crippen molar-refractivity contribution in [3.8, 4) is 0 Å². The van der Waals surface area contributed by atoms with Crippen LogP contribution in [-0.4, -0.2) is 42.4 Å². The van der Waals surface area contributed by atoms with Gasteiger partial charge in [-0.1, -0.05) is 12.1 Å². The molecule has 1 amide bonds. The molecule has 1 aromatic carbocycles. The third kappa shape index (κ3) is 3.04. The number of hydrogen-bond donors (Lipinski definition) is 4. The van der Waals surface area contributed by atoms with E-state index in [0.29, 0.717) is 11.4 Å². The van der Waals surface area contributed by atoms with Gasteiger partial charge in [0.25, 0.3) is 5.91 Å². The monoisotopic (exact) mass is 263 g/mol. The summed E-state index contributed by atoms with van der Waals surface area (Å²) in [6.07, 6.45) is -0.719. The number of para-hydroxylation sites is 1. The van der Waals surface area contributed by atoms with Gasteiger partial charge in [0.15, 0.2) is 0 Å². The molecule has 19 heavy (non-hydrogen) atoms. The van der Waals surface area contributed by atoms with Crippen LogP contribution in [0.5, 0.6) is 0 Å². The zero-order valence-electron chi connectivity index (χ0n) is 10.6. The van der Waals surface area contributed by atoms with Crippen molar-refractivity contribution in [2.45, 2.75) is 6.10 Å². The molecular weight excluding hydrogens is 246 g/mol. The SMILES string of the molecule is COCC(O)CNC(=O)c1cc2cccc(N)c2[nH]1. The van der Waals surface area contributed by atoms with Crippen LogP contribution in [0.3, 0.4) is 0 Å². The number of ether oxygens (including phenoxy) is 1. The minimum atomic E-state index is -0.719. The highest BCUT2D eigenvalue weighted by Gasteiger charge is 2.12. The molecule has 6 heteroatoms. The normalized spacial score (nSPS) is 12.5. The molecule has 0 spiro atoms. The van der Waals surface area contributed by atoms with E-state index in [0.717, 1.165) is 10.9 Å². The lowest BCUT2D eigenvalue weighted by Gasteiger charge is -2.09. The number of benzene rings is 1. The number of methoxy groups -OCH3 is 1. The van der Waals surface area contributed by atoms with E-state index in [1.54, 1.807) is 12.1 Å². The minimum absolute atomic E-state index is 0.136. The Hall–Kier alpha value is -2.05. The number of aromatic amines is 1. The van der Waals surface area contributed by atoms with Crippen molar-refractivity contribution >= 4 is 22.5 Å². The fourth-order valence-corrected chi connectivity index (χ4v) is 1.86. The number of carbonyl (C=O) groups is 1. The molecule has 0 radical (unpaired) electrons. The maximum atomic E-state index is 11.9. The molecule has 0 aliphatic rings. The van der Waals surface area contributed by atoms with Crippen LogP contribution in [0.1, 0.15) is 10.5 Å². The van der Waals surface area contributed by atoms with Gasteiger partial charge in [0.2, 0.25) is 0 Å². The van der Waals surface area contributed by atoms with Crippen LogP contribution in [-0.2, 0) is 4.74 Å².